The Bertz CT molecular complexity index is 1200. The van der Waals surface area contributed by atoms with Crippen molar-refractivity contribution in [2.75, 3.05) is 0 Å². The molecule has 0 aliphatic carbocycles. The summed E-state index contributed by atoms with van der Waals surface area (Å²) in [6.45, 7) is 0. The second-order valence-electron chi connectivity index (χ2n) is 6.18. The number of ketones is 2. The highest BCUT2D eigenvalue weighted by Gasteiger charge is 2.37. The average molecular weight is 423 g/mol. The number of fused-ring (bicyclic) bond motifs is 2. The number of benzene rings is 3. The van der Waals surface area contributed by atoms with Crippen molar-refractivity contribution < 1.29 is 14.3 Å². The Morgan fingerprint density at radius 3 is 2.14 bits per heavy atom. The predicted octanol–water partition coefficient (Wildman–Crippen LogP) is 6.62. The van der Waals surface area contributed by atoms with Gasteiger partial charge in [-0.3, -0.25) is 9.59 Å². The molecule has 2 aliphatic rings. The van der Waals surface area contributed by atoms with Gasteiger partial charge in [0.05, 0.1) is 19.7 Å². The number of rotatable bonds is 2. The van der Waals surface area contributed by atoms with Crippen LogP contribution in [0.15, 0.2) is 86.3 Å². The molecule has 0 N–H and O–H groups in total. The van der Waals surface area contributed by atoms with E-state index in [1.54, 1.807) is 36.4 Å². The van der Waals surface area contributed by atoms with Crippen molar-refractivity contribution in [3.63, 3.8) is 0 Å². The van der Waals surface area contributed by atoms with E-state index < -0.39 is 0 Å². The molecule has 28 heavy (non-hydrogen) atoms. The lowest BCUT2D eigenvalue weighted by Gasteiger charge is -2.10. The van der Waals surface area contributed by atoms with Crippen molar-refractivity contribution in [1.29, 1.82) is 0 Å². The molecule has 6 heteroatoms. The zero-order valence-corrected chi connectivity index (χ0v) is 16.7. The van der Waals surface area contributed by atoms with Crippen LogP contribution in [0.25, 0.3) is 0 Å². The molecule has 0 spiro atoms. The van der Waals surface area contributed by atoms with Crippen LogP contribution in [0.2, 0.25) is 5.02 Å². The molecule has 0 aromatic heterocycles. The van der Waals surface area contributed by atoms with E-state index in [0.717, 1.165) is 4.90 Å². The minimum atomic E-state index is -0.145. The summed E-state index contributed by atoms with van der Waals surface area (Å²) in [5.74, 6) is 0.823. The van der Waals surface area contributed by atoms with Crippen molar-refractivity contribution in [3.8, 4) is 11.5 Å². The Kier molecular flexibility index (Phi) is 4.31. The van der Waals surface area contributed by atoms with Crippen LogP contribution in [-0.2, 0) is 0 Å². The van der Waals surface area contributed by atoms with Gasteiger partial charge in [-0.1, -0.05) is 65.5 Å². The van der Waals surface area contributed by atoms with E-state index in [-0.39, 0.29) is 11.6 Å². The zero-order valence-electron chi connectivity index (χ0n) is 14.3. The Balaban J connectivity index is 1.55. The molecule has 136 valence electrons. The minimum absolute atomic E-state index is 0.0992. The second-order valence-corrected chi connectivity index (χ2v) is 8.66. The molecule has 3 aromatic rings. The second kappa shape index (κ2) is 6.85. The molecule has 3 aromatic carbocycles. The fraction of sp³-hybridized carbons (Fsp3) is 0. The first kappa shape index (κ1) is 17.6. The smallest absolute Gasteiger partial charge is 0.202 e. The normalized spacial score (nSPS) is 17.6. The number of hydrogen-bond donors (Lipinski definition) is 0. The molecule has 2 heterocycles. The van der Waals surface area contributed by atoms with Gasteiger partial charge in [0.1, 0.15) is 11.5 Å². The van der Waals surface area contributed by atoms with Gasteiger partial charge >= 0.3 is 0 Å². The fourth-order valence-electron chi connectivity index (χ4n) is 3.12. The monoisotopic (exact) mass is 422 g/mol. The summed E-state index contributed by atoms with van der Waals surface area (Å²) in [7, 11) is 0. The highest BCUT2D eigenvalue weighted by molar-refractivity contribution is 8.08. The molecule has 3 nitrogen and oxygen atoms in total. The van der Waals surface area contributed by atoms with Gasteiger partial charge in [0.15, 0.2) is 0 Å². The molecule has 0 atom stereocenters. The lowest BCUT2D eigenvalue weighted by Crippen LogP contribution is -2.01. The summed E-state index contributed by atoms with van der Waals surface area (Å²) in [5.41, 5.74) is 1.19. The number of halogens is 1. The number of thioether (sulfide) groups is 2. The summed E-state index contributed by atoms with van der Waals surface area (Å²) in [6.07, 6.45) is 0. The highest BCUT2D eigenvalue weighted by atomic mass is 35.5. The number of Topliss-reactive ketones (excluding diaryl/α,β-unsaturated/α-hetero) is 2. The van der Waals surface area contributed by atoms with Crippen LogP contribution in [0, 0.1) is 0 Å². The average Bonchev–Trinajstić information content (AvgIpc) is 3.22. The molecular weight excluding hydrogens is 412 g/mol. The first-order valence-corrected chi connectivity index (χ1v) is 10.5. The molecule has 5 rings (SSSR count). The molecule has 0 saturated heterocycles. The van der Waals surface area contributed by atoms with E-state index in [4.69, 9.17) is 16.3 Å². The van der Waals surface area contributed by atoms with E-state index in [0.29, 0.717) is 42.4 Å². The summed E-state index contributed by atoms with van der Waals surface area (Å²) in [4.78, 5) is 28.4. The van der Waals surface area contributed by atoms with Gasteiger partial charge in [-0.25, -0.2) is 0 Å². The number of carbonyl (C=O) groups excluding carboxylic acids is 2. The van der Waals surface area contributed by atoms with E-state index in [2.05, 4.69) is 0 Å². The number of hydrogen-bond acceptors (Lipinski definition) is 5. The number of ether oxygens (including phenoxy) is 1. The van der Waals surface area contributed by atoms with Crippen LogP contribution in [0.1, 0.15) is 20.7 Å². The van der Waals surface area contributed by atoms with Crippen LogP contribution in [-0.4, -0.2) is 11.6 Å². The third-order valence-corrected chi connectivity index (χ3v) is 7.28. The maximum atomic E-state index is 13.0. The lowest BCUT2D eigenvalue weighted by atomic mass is 10.1. The summed E-state index contributed by atoms with van der Waals surface area (Å²) >= 11 is 8.84. The van der Waals surface area contributed by atoms with Gasteiger partial charge in [-0.15, -0.1) is 0 Å². The van der Waals surface area contributed by atoms with Gasteiger partial charge in [0.25, 0.3) is 0 Å². The first-order valence-electron chi connectivity index (χ1n) is 8.47. The first-order chi connectivity index (χ1) is 13.6. The van der Waals surface area contributed by atoms with Crippen molar-refractivity contribution >= 4 is 46.7 Å². The lowest BCUT2D eigenvalue weighted by molar-refractivity contribution is 0.101. The Morgan fingerprint density at radius 1 is 0.679 bits per heavy atom. The van der Waals surface area contributed by atoms with Gasteiger partial charge in [-0.05, 0) is 36.4 Å². The summed E-state index contributed by atoms with van der Waals surface area (Å²) < 4.78 is 5.98. The van der Waals surface area contributed by atoms with Gasteiger partial charge < -0.3 is 4.74 Å². The van der Waals surface area contributed by atoms with Crippen LogP contribution in [0.5, 0.6) is 11.5 Å². The van der Waals surface area contributed by atoms with Crippen molar-refractivity contribution in [2.24, 2.45) is 0 Å². The van der Waals surface area contributed by atoms with Crippen LogP contribution in [0.3, 0.4) is 0 Å². The predicted molar refractivity (Wildman–Crippen MR) is 112 cm³/mol. The largest absolute Gasteiger partial charge is 0.455 e. The molecule has 0 bridgehead atoms. The van der Waals surface area contributed by atoms with Crippen LogP contribution < -0.4 is 4.74 Å². The van der Waals surface area contributed by atoms with Crippen LogP contribution >= 0.6 is 35.1 Å². The Hall–Kier alpha value is -2.47. The van der Waals surface area contributed by atoms with E-state index in [9.17, 15) is 9.59 Å². The molecule has 0 saturated carbocycles. The summed E-state index contributed by atoms with van der Waals surface area (Å²) in [5, 5.41) is 0.491. The maximum absolute atomic E-state index is 13.0. The maximum Gasteiger partial charge on any atom is 0.202 e. The van der Waals surface area contributed by atoms with E-state index in [1.165, 1.54) is 23.5 Å². The Labute approximate surface area is 174 Å². The Morgan fingerprint density at radius 2 is 1.32 bits per heavy atom. The molecular formula is C22H11ClO3S2. The van der Waals surface area contributed by atoms with Gasteiger partial charge in [-0.2, -0.15) is 0 Å². The quantitative estimate of drug-likeness (QED) is 0.434. The molecule has 0 unspecified atom stereocenters. The van der Waals surface area contributed by atoms with E-state index in [1.807, 2.05) is 30.3 Å². The molecule has 2 aliphatic heterocycles. The third-order valence-electron chi connectivity index (χ3n) is 4.45. The number of allylic oxidation sites excluding steroid dienone is 2. The molecule has 0 fully saturated rings. The molecule has 0 radical (unpaired) electrons. The zero-order chi connectivity index (χ0) is 19.3. The third kappa shape index (κ3) is 2.78. The van der Waals surface area contributed by atoms with Crippen molar-refractivity contribution in [1.82, 2.24) is 0 Å². The standard InChI is InChI=1S/C22H11ClO3S2/c23-14-8-2-3-9-15(14)26-16-10-5-7-13-19(25)22(28-20(13)16)21-18(24)12-6-1-4-11-17(12)27-21/h1-11H. The minimum Gasteiger partial charge on any atom is -0.455 e. The SMILES string of the molecule is O=C1C(=C2Sc3c(Oc4ccccc4Cl)cccc3C2=O)Sc2ccccc21. The van der Waals surface area contributed by atoms with Gasteiger partial charge in [0.2, 0.25) is 11.6 Å². The topological polar surface area (TPSA) is 43.4 Å². The highest BCUT2D eigenvalue weighted by Crippen LogP contribution is 2.52. The van der Waals surface area contributed by atoms with Crippen molar-refractivity contribution in [2.45, 2.75) is 9.79 Å². The van der Waals surface area contributed by atoms with Crippen molar-refractivity contribution in [3.05, 3.63) is 92.7 Å². The van der Waals surface area contributed by atoms with E-state index >= 15 is 0 Å². The fourth-order valence-corrected chi connectivity index (χ4v) is 5.64. The number of carbonyl (C=O) groups is 2. The van der Waals surface area contributed by atoms with Crippen LogP contribution in [0.4, 0.5) is 0 Å². The molecule has 0 amide bonds. The summed E-state index contributed by atoms with van der Waals surface area (Å²) in [6, 6.07) is 19.9. The number of para-hydroxylation sites is 1. The van der Waals surface area contributed by atoms with Gasteiger partial charge in [0, 0.05) is 16.0 Å².